The average Bonchev–Trinajstić information content (AvgIpc) is 2.88. The largest absolute Gasteiger partial charge is 0.338 e. The summed E-state index contributed by atoms with van der Waals surface area (Å²) >= 11 is 1.21. The van der Waals surface area contributed by atoms with Gasteiger partial charge in [-0.2, -0.15) is 0 Å². The van der Waals surface area contributed by atoms with Gasteiger partial charge in [-0.25, -0.2) is 8.78 Å². The van der Waals surface area contributed by atoms with Gasteiger partial charge in [-0.1, -0.05) is 0 Å². The molecule has 0 aliphatic carbocycles. The Kier molecular flexibility index (Phi) is 6.71. The van der Waals surface area contributed by atoms with Gasteiger partial charge in [0.15, 0.2) is 11.6 Å². The second-order valence-corrected chi connectivity index (χ2v) is 5.53. The highest BCUT2D eigenvalue weighted by atomic mass is 35.5. The smallest absolute Gasteiger partial charge is 0.233 e. The van der Waals surface area contributed by atoms with E-state index in [0.717, 1.165) is 31.5 Å². The van der Waals surface area contributed by atoms with Crippen molar-refractivity contribution in [3.63, 3.8) is 0 Å². The first-order valence-corrected chi connectivity index (χ1v) is 7.17. The number of nitrogens with two attached hydrogens (primary N) is 1. The van der Waals surface area contributed by atoms with Crippen molar-refractivity contribution in [3.05, 3.63) is 29.8 Å². The van der Waals surface area contributed by atoms with E-state index in [2.05, 4.69) is 0 Å². The van der Waals surface area contributed by atoms with E-state index < -0.39 is 11.6 Å². The zero-order valence-electron chi connectivity index (χ0n) is 10.9. The van der Waals surface area contributed by atoms with Gasteiger partial charge in [0.25, 0.3) is 0 Å². The van der Waals surface area contributed by atoms with Crippen LogP contribution in [0.15, 0.2) is 23.1 Å². The molecule has 3 nitrogen and oxygen atoms in total. The van der Waals surface area contributed by atoms with Gasteiger partial charge in [-0.3, -0.25) is 4.79 Å². The number of carbonyl (C=O) groups is 1. The van der Waals surface area contributed by atoms with Crippen LogP contribution in [0.3, 0.4) is 0 Å². The van der Waals surface area contributed by atoms with E-state index >= 15 is 0 Å². The third-order valence-electron chi connectivity index (χ3n) is 3.22. The number of thioether (sulfide) groups is 1. The highest BCUT2D eigenvalue weighted by Crippen LogP contribution is 2.23. The third kappa shape index (κ3) is 4.07. The maximum atomic E-state index is 13.0. The Morgan fingerprint density at radius 2 is 2.15 bits per heavy atom. The second kappa shape index (κ2) is 7.81. The van der Waals surface area contributed by atoms with Gasteiger partial charge in [0.2, 0.25) is 5.91 Å². The molecular weight excluding hydrogens is 306 g/mol. The molecule has 7 heteroatoms. The van der Waals surface area contributed by atoms with Crippen molar-refractivity contribution in [1.29, 1.82) is 0 Å². The Bertz CT molecular complexity index is 476. The van der Waals surface area contributed by atoms with Gasteiger partial charge in [0.05, 0.1) is 5.75 Å². The fourth-order valence-corrected chi connectivity index (χ4v) is 3.01. The van der Waals surface area contributed by atoms with Crippen molar-refractivity contribution in [3.8, 4) is 0 Å². The number of hydrogen-bond donors (Lipinski definition) is 1. The summed E-state index contributed by atoms with van der Waals surface area (Å²) in [5.41, 5.74) is 5.61. The third-order valence-corrected chi connectivity index (χ3v) is 4.20. The molecule has 1 unspecified atom stereocenters. The summed E-state index contributed by atoms with van der Waals surface area (Å²) in [5, 5.41) is 0. The van der Waals surface area contributed by atoms with Crippen molar-refractivity contribution < 1.29 is 13.6 Å². The van der Waals surface area contributed by atoms with Gasteiger partial charge in [0, 0.05) is 24.0 Å². The summed E-state index contributed by atoms with van der Waals surface area (Å²) in [6.07, 6.45) is 1.92. The Balaban J connectivity index is 0.00000200. The predicted octanol–water partition coefficient (Wildman–Crippen LogP) is 2.43. The molecule has 0 spiro atoms. The fraction of sp³-hybridized carbons (Fsp3) is 0.462. The standard InChI is InChI=1S/C13H16F2N2OS.ClH/c14-11-4-3-10(6-12(11)15)19-8-13(18)17-5-1-2-9(17)7-16;/h3-4,6,9H,1-2,5,7-8,16H2;1H. The summed E-state index contributed by atoms with van der Waals surface area (Å²) in [7, 11) is 0. The zero-order valence-corrected chi connectivity index (χ0v) is 12.5. The Morgan fingerprint density at radius 1 is 1.40 bits per heavy atom. The maximum absolute atomic E-state index is 13.0. The molecule has 0 aromatic heterocycles. The maximum Gasteiger partial charge on any atom is 0.233 e. The fourth-order valence-electron chi connectivity index (χ4n) is 2.20. The lowest BCUT2D eigenvalue weighted by atomic mass is 10.2. The molecule has 1 aromatic carbocycles. The van der Waals surface area contributed by atoms with E-state index in [9.17, 15) is 13.6 Å². The van der Waals surface area contributed by atoms with E-state index in [1.54, 1.807) is 4.90 Å². The first kappa shape index (κ1) is 17.2. The molecule has 112 valence electrons. The Morgan fingerprint density at radius 3 is 2.80 bits per heavy atom. The van der Waals surface area contributed by atoms with E-state index in [-0.39, 0.29) is 30.1 Å². The van der Waals surface area contributed by atoms with Crippen LogP contribution in [0.2, 0.25) is 0 Å². The van der Waals surface area contributed by atoms with Crippen LogP contribution in [0, 0.1) is 11.6 Å². The summed E-state index contributed by atoms with van der Waals surface area (Å²) in [6.45, 7) is 1.21. The van der Waals surface area contributed by atoms with Crippen LogP contribution < -0.4 is 5.73 Å². The van der Waals surface area contributed by atoms with Crippen molar-refractivity contribution in [1.82, 2.24) is 4.90 Å². The Labute approximate surface area is 127 Å². The first-order valence-electron chi connectivity index (χ1n) is 6.19. The zero-order chi connectivity index (χ0) is 13.8. The number of rotatable bonds is 4. The monoisotopic (exact) mass is 322 g/mol. The molecule has 1 atom stereocenters. The normalized spacial score (nSPS) is 17.9. The van der Waals surface area contributed by atoms with E-state index in [1.165, 1.54) is 17.8 Å². The number of likely N-dealkylation sites (tertiary alicyclic amines) is 1. The van der Waals surface area contributed by atoms with Gasteiger partial charge in [-0.05, 0) is 31.0 Å². The molecule has 0 saturated carbocycles. The molecule has 1 saturated heterocycles. The van der Waals surface area contributed by atoms with Gasteiger partial charge < -0.3 is 10.6 Å². The van der Waals surface area contributed by atoms with Crippen molar-refractivity contribution in [2.45, 2.75) is 23.8 Å². The number of hydrogen-bond acceptors (Lipinski definition) is 3. The minimum Gasteiger partial charge on any atom is -0.338 e. The van der Waals surface area contributed by atoms with Crippen LogP contribution in [0.1, 0.15) is 12.8 Å². The summed E-state index contributed by atoms with van der Waals surface area (Å²) < 4.78 is 25.8. The van der Waals surface area contributed by atoms with Gasteiger partial charge >= 0.3 is 0 Å². The van der Waals surface area contributed by atoms with Crippen LogP contribution in [-0.2, 0) is 4.79 Å². The minimum absolute atomic E-state index is 0. The molecule has 0 radical (unpaired) electrons. The van der Waals surface area contributed by atoms with Crippen LogP contribution >= 0.6 is 24.2 Å². The number of nitrogens with zero attached hydrogens (tertiary/aromatic N) is 1. The van der Waals surface area contributed by atoms with Crippen LogP contribution in [0.4, 0.5) is 8.78 Å². The van der Waals surface area contributed by atoms with Gasteiger partial charge in [-0.15, -0.1) is 24.2 Å². The first-order chi connectivity index (χ1) is 9.11. The van der Waals surface area contributed by atoms with E-state index in [4.69, 9.17) is 5.73 Å². The molecular formula is C13H17ClF2N2OS. The lowest BCUT2D eigenvalue weighted by Gasteiger charge is -2.23. The summed E-state index contributed by atoms with van der Waals surface area (Å²) in [6, 6.07) is 3.78. The van der Waals surface area contributed by atoms with E-state index in [1.807, 2.05) is 0 Å². The molecule has 20 heavy (non-hydrogen) atoms. The minimum atomic E-state index is -0.890. The highest BCUT2D eigenvalue weighted by Gasteiger charge is 2.27. The van der Waals surface area contributed by atoms with Crippen molar-refractivity contribution >= 4 is 30.1 Å². The van der Waals surface area contributed by atoms with E-state index in [0.29, 0.717) is 11.4 Å². The van der Waals surface area contributed by atoms with Crippen LogP contribution in [0.25, 0.3) is 0 Å². The number of amides is 1. The molecule has 1 aliphatic heterocycles. The topological polar surface area (TPSA) is 46.3 Å². The predicted molar refractivity (Wildman–Crippen MR) is 78.1 cm³/mol. The number of halogens is 3. The van der Waals surface area contributed by atoms with Crippen molar-refractivity contribution in [2.75, 3.05) is 18.8 Å². The second-order valence-electron chi connectivity index (χ2n) is 4.48. The average molecular weight is 323 g/mol. The molecule has 0 bridgehead atoms. The molecule has 1 heterocycles. The molecule has 1 aromatic rings. The lowest BCUT2D eigenvalue weighted by molar-refractivity contribution is -0.128. The summed E-state index contributed by atoms with van der Waals surface area (Å²) in [4.78, 5) is 14.4. The highest BCUT2D eigenvalue weighted by molar-refractivity contribution is 8.00. The lowest BCUT2D eigenvalue weighted by Crippen LogP contribution is -2.40. The number of benzene rings is 1. The van der Waals surface area contributed by atoms with Crippen LogP contribution in [-0.4, -0.2) is 35.7 Å². The SMILES string of the molecule is Cl.NCC1CCCN1C(=O)CSc1ccc(F)c(F)c1. The molecule has 1 fully saturated rings. The van der Waals surface area contributed by atoms with Crippen molar-refractivity contribution in [2.24, 2.45) is 5.73 Å². The van der Waals surface area contributed by atoms with Crippen LogP contribution in [0.5, 0.6) is 0 Å². The number of carbonyl (C=O) groups excluding carboxylic acids is 1. The van der Waals surface area contributed by atoms with Gasteiger partial charge in [0.1, 0.15) is 0 Å². The quantitative estimate of drug-likeness (QED) is 0.866. The Hall–Kier alpha value is -0.850. The molecule has 2 rings (SSSR count). The summed E-state index contributed by atoms with van der Waals surface area (Å²) in [5.74, 6) is -1.54. The molecule has 2 N–H and O–H groups in total. The molecule has 1 aliphatic rings. The molecule has 1 amide bonds.